The molecule has 1 fully saturated rings. The molecule has 0 N–H and O–H groups in total. The lowest BCUT2D eigenvalue weighted by Gasteiger charge is -2.23. The molecular weight excluding hydrogens is 248 g/mol. The van der Waals surface area contributed by atoms with Crippen LogP contribution in [0.5, 0.6) is 0 Å². The Kier molecular flexibility index (Phi) is 3.64. The number of rotatable bonds is 3. The third-order valence-corrected chi connectivity index (χ3v) is 4.69. The van der Waals surface area contributed by atoms with Gasteiger partial charge in [0.05, 0.1) is 6.26 Å². The summed E-state index contributed by atoms with van der Waals surface area (Å²) in [5, 5.41) is 0. The van der Waals surface area contributed by atoms with Gasteiger partial charge in [-0.15, -0.1) is 0 Å². The Morgan fingerprint density at radius 2 is 2.06 bits per heavy atom. The van der Waals surface area contributed by atoms with Crippen molar-refractivity contribution in [1.82, 2.24) is 4.31 Å². The Balaban J connectivity index is 2.33. The van der Waals surface area contributed by atoms with Crippen LogP contribution in [-0.2, 0) is 10.0 Å². The molecule has 0 bridgehead atoms. The standard InChI is InChI=1S/C13H20N2O2S/c1-14(2)12-7-4-6-11(10-12)13-8-5-9-15(13)18(3,16)17/h4,6-7,10,13H,5,8-9H2,1-3H3. The number of hydrogen-bond donors (Lipinski definition) is 0. The summed E-state index contributed by atoms with van der Waals surface area (Å²) in [4.78, 5) is 2.03. The lowest BCUT2D eigenvalue weighted by molar-refractivity contribution is 0.400. The summed E-state index contributed by atoms with van der Waals surface area (Å²) in [5.41, 5.74) is 2.19. The van der Waals surface area contributed by atoms with Crippen LogP contribution in [0.4, 0.5) is 5.69 Å². The third-order valence-electron chi connectivity index (χ3n) is 3.40. The van der Waals surface area contributed by atoms with Crippen molar-refractivity contribution in [2.45, 2.75) is 18.9 Å². The van der Waals surface area contributed by atoms with E-state index in [1.54, 1.807) is 4.31 Å². The van der Waals surface area contributed by atoms with Gasteiger partial charge in [-0.25, -0.2) is 8.42 Å². The van der Waals surface area contributed by atoms with Gasteiger partial charge in [0, 0.05) is 32.4 Å². The predicted molar refractivity (Wildman–Crippen MR) is 74.3 cm³/mol. The molecule has 0 aromatic heterocycles. The fourth-order valence-corrected chi connectivity index (χ4v) is 3.63. The molecule has 1 atom stereocenters. The quantitative estimate of drug-likeness (QED) is 0.840. The Morgan fingerprint density at radius 3 is 2.67 bits per heavy atom. The average Bonchev–Trinajstić information content (AvgIpc) is 2.77. The van der Waals surface area contributed by atoms with E-state index >= 15 is 0 Å². The van der Waals surface area contributed by atoms with E-state index in [1.807, 2.05) is 37.2 Å². The van der Waals surface area contributed by atoms with Crippen LogP contribution in [0, 0.1) is 0 Å². The number of benzene rings is 1. The molecule has 18 heavy (non-hydrogen) atoms. The van der Waals surface area contributed by atoms with Gasteiger partial charge < -0.3 is 4.90 Å². The fraction of sp³-hybridized carbons (Fsp3) is 0.538. The molecule has 2 rings (SSSR count). The predicted octanol–water partition coefficient (Wildman–Crippen LogP) is 1.85. The first-order valence-corrected chi connectivity index (χ1v) is 7.98. The lowest BCUT2D eigenvalue weighted by Crippen LogP contribution is -2.29. The van der Waals surface area contributed by atoms with Crippen LogP contribution in [0.15, 0.2) is 24.3 Å². The van der Waals surface area contributed by atoms with E-state index in [4.69, 9.17) is 0 Å². The average molecular weight is 268 g/mol. The SMILES string of the molecule is CN(C)c1cccc(C2CCCN2S(C)(=O)=O)c1. The zero-order chi connectivity index (χ0) is 13.3. The minimum atomic E-state index is -3.11. The maximum absolute atomic E-state index is 11.8. The Bertz CT molecular complexity index is 526. The van der Waals surface area contributed by atoms with Crippen LogP contribution >= 0.6 is 0 Å². The van der Waals surface area contributed by atoms with E-state index in [2.05, 4.69) is 6.07 Å². The van der Waals surface area contributed by atoms with Crippen molar-refractivity contribution >= 4 is 15.7 Å². The topological polar surface area (TPSA) is 40.6 Å². The van der Waals surface area contributed by atoms with Gasteiger partial charge in [0.1, 0.15) is 0 Å². The van der Waals surface area contributed by atoms with Gasteiger partial charge in [0.25, 0.3) is 0 Å². The first-order valence-electron chi connectivity index (χ1n) is 6.13. The number of sulfonamides is 1. The van der Waals surface area contributed by atoms with E-state index in [-0.39, 0.29) is 6.04 Å². The molecule has 1 unspecified atom stereocenters. The van der Waals surface area contributed by atoms with Crippen molar-refractivity contribution in [2.75, 3.05) is 31.8 Å². The van der Waals surface area contributed by atoms with Gasteiger partial charge >= 0.3 is 0 Å². The smallest absolute Gasteiger partial charge is 0.211 e. The molecule has 1 aromatic rings. The summed E-state index contributed by atoms with van der Waals surface area (Å²) in [6, 6.07) is 8.11. The minimum absolute atomic E-state index is 0.0000926. The van der Waals surface area contributed by atoms with Gasteiger partial charge in [-0.1, -0.05) is 12.1 Å². The van der Waals surface area contributed by atoms with Crippen molar-refractivity contribution in [3.8, 4) is 0 Å². The summed E-state index contributed by atoms with van der Waals surface area (Å²) >= 11 is 0. The molecule has 0 amide bonds. The van der Waals surface area contributed by atoms with Crippen LogP contribution in [-0.4, -0.2) is 39.6 Å². The number of hydrogen-bond acceptors (Lipinski definition) is 3. The first-order chi connectivity index (χ1) is 8.39. The number of nitrogens with zero attached hydrogens (tertiary/aromatic N) is 2. The molecule has 0 aliphatic carbocycles. The Morgan fingerprint density at radius 1 is 1.33 bits per heavy atom. The Labute approximate surface area is 109 Å². The van der Waals surface area contributed by atoms with Crippen molar-refractivity contribution < 1.29 is 8.42 Å². The monoisotopic (exact) mass is 268 g/mol. The zero-order valence-corrected chi connectivity index (χ0v) is 11.9. The summed E-state index contributed by atoms with van der Waals surface area (Å²) in [7, 11) is 0.863. The van der Waals surface area contributed by atoms with Crippen molar-refractivity contribution in [1.29, 1.82) is 0 Å². The van der Waals surface area contributed by atoms with Gasteiger partial charge in [0.15, 0.2) is 0 Å². The van der Waals surface area contributed by atoms with Gasteiger partial charge in [0.2, 0.25) is 10.0 Å². The highest BCUT2D eigenvalue weighted by molar-refractivity contribution is 7.88. The molecule has 0 saturated carbocycles. The van der Waals surface area contributed by atoms with E-state index in [1.165, 1.54) is 6.26 Å². The highest BCUT2D eigenvalue weighted by atomic mass is 32.2. The highest BCUT2D eigenvalue weighted by Crippen LogP contribution is 2.34. The second-order valence-corrected chi connectivity index (χ2v) is 6.96. The zero-order valence-electron chi connectivity index (χ0n) is 11.1. The maximum atomic E-state index is 11.8. The largest absolute Gasteiger partial charge is 0.378 e. The molecule has 0 spiro atoms. The molecule has 0 radical (unpaired) electrons. The van der Waals surface area contributed by atoms with E-state index in [0.717, 1.165) is 24.1 Å². The van der Waals surface area contributed by atoms with Gasteiger partial charge in [-0.3, -0.25) is 0 Å². The van der Waals surface area contributed by atoms with Crippen molar-refractivity contribution in [3.05, 3.63) is 29.8 Å². The van der Waals surface area contributed by atoms with Crippen molar-refractivity contribution in [3.63, 3.8) is 0 Å². The number of anilines is 1. The second-order valence-electron chi connectivity index (χ2n) is 5.02. The Hall–Kier alpha value is -1.07. The summed E-state index contributed by atoms with van der Waals surface area (Å²) in [6.45, 7) is 0.635. The van der Waals surface area contributed by atoms with E-state index in [0.29, 0.717) is 6.54 Å². The van der Waals surface area contributed by atoms with Gasteiger partial charge in [-0.05, 0) is 30.5 Å². The molecule has 5 heteroatoms. The molecular formula is C13H20N2O2S. The minimum Gasteiger partial charge on any atom is -0.378 e. The molecule has 1 aliphatic rings. The third kappa shape index (κ3) is 2.67. The van der Waals surface area contributed by atoms with Crippen LogP contribution in [0.3, 0.4) is 0 Å². The second kappa shape index (κ2) is 4.90. The summed E-state index contributed by atoms with van der Waals surface area (Å²) in [5.74, 6) is 0. The van der Waals surface area contributed by atoms with Crippen molar-refractivity contribution in [2.24, 2.45) is 0 Å². The van der Waals surface area contributed by atoms with Crippen LogP contribution in [0.25, 0.3) is 0 Å². The lowest BCUT2D eigenvalue weighted by atomic mass is 10.0. The maximum Gasteiger partial charge on any atom is 0.211 e. The van der Waals surface area contributed by atoms with Crippen LogP contribution in [0.2, 0.25) is 0 Å². The first kappa shape index (κ1) is 13.4. The molecule has 100 valence electrons. The molecule has 1 saturated heterocycles. The highest BCUT2D eigenvalue weighted by Gasteiger charge is 2.32. The summed E-state index contributed by atoms with van der Waals surface area (Å²) in [6.07, 6.45) is 3.13. The van der Waals surface area contributed by atoms with Gasteiger partial charge in [-0.2, -0.15) is 4.31 Å². The molecule has 1 aromatic carbocycles. The summed E-state index contributed by atoms with van der Waals surface area (Å²) < 4.78 is 25.1. The van der Waals surface area contributed by atoms with Crippen LogP contribution in [0.1, 0.15) is 24.4 Å². The normalized spacial score (nSPS) is 21.2. The fourth-order valence-electron chi connectivity index (χ4n) is 2.48. The van der Waals surface area contributed by atoms with E-state index in [9.17, 15) is 8.42 Å². The molecule has 1 aliphatic heterocycles. The van der Waals surface area contributed by atoms with Crippen LogP contribution < -0.4 is 4.90 Å². The molecule has 4 nitrogen and oxygen atoms in total. The van der Waals surface area contributed by atoms with E-state index < -0.39 is 10.0 Å². The molecule has 1 heterocycles.